The van der Waals surface area contributed by atoms with Crippen molar-refractivity contribution in [3.63, 3.8) is 0 Å². The number of carbonyl (C=O) groups excluding carboxylic acids is 2. The standard InChI is InChI=1S/C9H19N3O2/c1-5(2)6(7(10)13)12-8(14)9(3,4)11/h5-6H,11H2,1-4H3,(H2,10,13)(H,12,14). The molecule has 0 radical (unpaired) electrons. The van der Waals surface area contributed by atoms with Gasteiger partial charge >= 0.3 is 0 Å². The van der Waals surface area contributed by atoms with Crippen LogP contribution in [-0.4, -0.2) is 23.4 Å². The minimum absolute atomic E-state index is 0.0428. The van der Waals surface area contributed by atoms with Crippen molar-refractivity contribution in [3.05, 3.63) is 0 Å². The van der Waals surface area contributed by atoms with Gasteiger partial charge in [-0.2, -0.15) is 0 Å². The van der Waals surface area contributed by atoms with E-state index < -0.39 is 17.5 Å². The van der Waals surface area contributed by atoms with E-state index in [4.69, 9.17) is 11.5 Å². The summed E-state index contributed by atoms with van der Waals surface area (Å²) < 4.78 is 0. The second-order valence-electron chi connectivity index (χ2n) is 4.32. The van der Waals surface area contributed by atoms with E-state index in [1.54, 1.807) is 27.7 Å². The summed E-state index contributed by atoms with van der Waals surface area (Å²) in [7, 11) is 0. The van der Waals surface area contributed by atoms with Gasteiger partial charge in [-0.25, -0.2) is 0 Å². The number of primary amides is 1. The summed E-state index contributed by atoms with van der Waals surface area (Å²) in [5, 5.41) is 2.52. The van der Waals surface area contributed by atoms with Crippen molar-refractivity contribution < 1.29 is 9.59 Å². The van der Waals surface area contributed by atoms with Gasteiger partial charge in [-0.15, -0.1) is 0 Å². The molecule has 0 heterocycles. The number of amides is 2. The van der Waals surface area contributed by atoms with E-state index in [2.05, 4.69) is 5.32 Å². The van der Waals surface area contributed by atoms with Gasteiger partial charge in [0.15, 0.2) is 0 Å². The van der Waals surface area contributed by atoms with Crippen LogP contribution in [0.1, 0.15) is 27.7 Å². The number of carbonyl (C=O) groups is 2. The SMILES string of the molecule is CC(C)C(NC(=O)C(C)(C)N)C(N)=O. The number of nitrogens with one attached hydrogen (secondary N) is 1. The number of nitrogens with two attached hydrogens (primary N) is 2. The van der Waals surface area contributed by atoms with Gasteiger partial charge in [0.25, 0.3) is 0 Å². The van der Waals surface area contributed by atoms with Gasteiger partial charge in [-0.05, 0) is 19.8 Å². The molecule has 0 aromatic carbocycles. The van der Waals surface area contributed by atoms with Crippen LogP contribution in [0.5, 0.6) is 0 Å². The van der Waals surface area contributed by atoms with E-state index in [1.807, 2.05) is 0 Å². The highest BCUT2D eigenvalue weighted by Gasteiger charge is 2.28. The normalized spacial score (nSPS) is 13.9. The van der Waals surface area contributed by atoms with Crippen LogP contribution in [0.2, 0.25) is 0 Å². The van der Waals surface area contributed by atoms with Crippen LogP contribution < -0.4 is 16.8 Å². The molecule has 0 aromatic rings. The molecule has 0 fully saturated rings. The quantitative estimate of drug-likeness (QED) is 0.563. The van der Waals surface area contributed by atoms with Crippen molar-refractivity contribution in [2.45, 2.75) is 39.3 Å². The average Bonchev–Trinajstić information content (AvgIpc) is 1.96. The summed E-state index contributed by atoms with van der Waals surface area (Å²) in [6.45, 7) is 6.75. The Labute approximate surface area is 84.2 Å². The van der Waals surface area contributed by atoms with E-state index in [0.717, 1.165) is 0 Å². The van der Waals surface area contributed by atoms with Gasteiger partial charge < -0.3 is 16.8 Å². The predicted molar refractivity (Wildman–Crippen MR) is 54.2 cm³/mol. The Morgan fingerprint density at radius 3 is 1.93 bits per heavy atom. The maximum Gasteiger partial charge on any atom is 0.240 e. The molecule has 0 saturated carbocycles. The molecule has 2 amide bonds. The highest BCUT2D eigenvalue weighted by atomic mass is 16.2. The second-order valence-corrected chi connectivity index (χ2v) is 4.32. The minimum Gasteiger partial charge on any atom is -0.368 e. The predicted octanol–water partition coefficient (Wildman–Crippen LogP) is -0.650. The second kappa shape index (κ2) is 4.41. The third-order valence-electron chi connectivity index (χ3n) is 1.85. The smallest absolute Gasteiger partial charge is 0.240 e. The highest BCUT2D eigenvalue weighted by molar-refractivity contribution is 5.90. The fraction of sp³-hybridized carbons (Fsp3) is 0.778. The number of hydrogen-bond acceptors (Lipinski definition) is 3. The maximum absolute atomic E-state index is 11.4. The molecule has 82 valence electrons. The molecular weight excluding hydrogens is 182 g/mol. The Balaban J connectivity index is 4.48. The lowest BCUT2D eigenvalue weighted by molar-refractivity contribution is -0.130. The molecule has 0 aliphatic heterocycles. The molecule has 5 nitrogen and oxygen atoms in total. The topological polar surface area (TPSA) is 98.2 Å². The zero-order valence-corrected chi connectivity index (χ0v) is 9.13. The Morgan fingerprint density at radius 1 is 1.29 bits per heavy atom. The Hall–Kier alpha value is -1.10. The van der Waals surface area contributed by atoms with Gasteiger partial charge in [-0.1, -0.05) is 13.8 Å². The molecular formula is C9H19N3O2. The molecule has 0 saturated heterocycles. The van der Waals surface area contributed by atoms with Crippen LogP contribution in [0.4, 0.5) is 0 Å². The van der Waals surface area contributed by atoms with Gasteiger partial charge in [0.05, 0.1) is 5.54 Å². The first kappa shape index (κ1) is 12.9. The van der Waals surface area contributed by atoms with Gasteiger partial charge in [0.2, 0.25) is 11.8 Å². The van der Waals surface area contributed by atoms with Crippen LogP contribution in [0, 0.1) is 5.92 Å². The summed E-state index contributed by atoms with van der Waals surface area (Å²) >= 11 is 0. The Bertz CT molecular complexity index is 231. The van der Waals surface area contributed by atoms with E-state index in [9.17, 15) is 9.59 Å². The summed E-state index contributed by atoms with van der Waals surface area (Å²) in [6, 6.07) is -0.662. The van der Waals surface area contributed by atoms with Crippen molar-refractivity contribution in [2.24, 2.45) is 17.4 Å². The van der Waals surface area contributed by atoms with Crippen molar-refractivity contribution >= 4 is 11.8 Å². The molecule has 0 rings (SSSR count). The fourth-order valence-corrected chi connectivity index (χ4v) is 0.894. The first-order valence-corrected chi connectivity index (χ1v) is 4.55. The molecule has 1 unspecified atom stereocenters. The fourth-order valence-electron chi connectivity index (χ4n) is 0.894. The number of hydrogen-bond donors (Lipinski definition) is 3. The highest BCUT2D eigenvalue weighted by Crippen LogP contribution is 2.03. The molecule has 5 heteroatoms. The van der Waals surface area contributed by atoms with Gasteiger partial charge in [-0.3, -0.25) is 9.59 Å². The van der Waals surface area contributed by atoms with Crippen molar-refractivity contribution in [3.8, 4) is 0 Å². The minimum atomic E-state index is -0.997. The maximum atomic E-state index is 11.4. The molecule has 14 heavy (non-hydrogen) atoms. The zero-order valence-electron chi connectivity index (χ0n) is 9.13. The summed E-state index contributed by atoms with van der Waals surface area (Å²) in [6.07, 6.45) is 0. The van der Waals surface area contributed by atoms with Gasteiger partial charge in [0, 0.05) is 0 Å². The molecule has 1 atom stereocenters. The summed E-state index contributed by atoms with van der Waals surface area (Å²) in [4.78, 5) is 22.4. The largest absolute Gasteiger partial charge is 0.368 e. The average molecular weight is 201 g/mol. The van der Waals surface area contributed by atoms with E-state index in [1.165, 1.54) is 0 Å². The lowest BCUT2D eigenvalue weighted by Crippen LogP contribution is -2.56. The van der Waals surface area contributed by atoms with Crippen LogP contribution in [0.3, 0.4) is 0 Å². The van der Waals surface area contributed by atoms with E-state index in [-0.39, 0.29) is 11.8 Å². The summed E-state index contributed by atoms with van der Waals surface area (Å²) in [5.41, 5.74) is 9.70. The van der Waals surface area contributed by atoms with E-state index >= 15 is 0 Å². The Kier molecular flexibility index (Phi) is 4.07. The van der Waals surface area contributed by atoms with Crippen LogP contribution in [0.25, 0.3) is 0 Å². The first-order valence-electron chi connectivity index (χ1n) is 4.55. The molecule has 0 aliphatic rings. The zero-order chi connectivity index (χ0) is 11.5. The molecule has 0 aliphatic carbocycles. The molecule has 5 N–H and O–H groups in total. The molecule has 0 bridgehead atoms. The Morgan fingerprint density at radius 2 is 1.71 bits per heavy atom. The van der Waals surface area contributed by atoms with Crippen molar-refractivity contribution in [2.75, 3.05) is 0 Å². The molecule has 0 aromatic heterocycles. The lowest BCUT2D eigenvalue weighted by Gasteiger charge is -2.24. The molecule has 0 spiro atoms. The summed E-state index contributed by atoms with van der Waals surface area (Å²) in [5.74, 6) is -0.966. The van der Waals surface area contributed by atoms with Crippen LogP contribution in [-0.2, 0) is 9.59 Å². The third kappa shape index (κ3) is 3.74. The van der Waals surface area contributed by atoms with E-state index in [0.29, 0.717) is 0 Å². The number of rotatable bonds is 4. The monoisotopic (exact) mass is 201 g/mol. The van der Waals surface area contributed by atoms with Gasteiger partial charge in [0.1, 0.15) is 6.04 Å². The van der Waals surface area contributed by atoms with Crippen molar-refractivity contribution in [1.82, 2.24) is 5.32 Å². The lowest BCUT2D eigenvalue weighted by atomic mass is 10.0. The van der Waals surface area contributed by atoms with Crippen LogP contribution >= 0.6 is 0 Å². The third-order valence-corrected chi connectivity index (χ3v) is 1.85. The van der Waals surface area contributed by atoms with Crippen LogP contribution in [0.15, 0.2) is 0 Å². The van der Waals surface area contributed by atoms with Crippen molar-refractivity contribution in [1.29, 1.82) is 0 Å². The first-order chi connectivity index (χ1) is 6.16.